The van der Waals surface area contributed by atoms with Gasteiger partial charge in [0.1, 0.15) is 0 Å². The first kappa shape index (κ1) is 19.5. The quantitative estimate of drug-likeness (QED) is 0.576. The van der Waals surface area contributed by atoms with Crippen LogP contribution in [0.15, 0.2) is 12.7 Å². The van der Waals surface area contributed by atoms with E-state index < -0.39 is 5.97 Å². The molecule has 0 saturated carbocycles. The molecule has 0 aromatic carbocycles. The lowest BCUT2D eigenvalue weighted by Gasteiger charge is -2.23. The summed E-state index contributed by atoms with van der Waals surface area (Å²) in [5.74, 6) is -0.0219. The minimum atomic E-state index is -0.759. The van der Waals surface area contributed by atoms with E-state index in [4.69, 9.17) is 5.11 Å². The third-order valence-electron chi connectivity index (χ3n) is 3.59. The van der Waals surface area contributed by atoms with Crippen molar-refractivity contribution >= 4 is 12.0 Å². The molecule has 0 bridgehead atoms. The van der Waals surface area contributed by atoms with Crippen molar-refractivity contribution in [3.05, 3.63) is 12.7 Å². The van der Waals surface area contributed by atoms with Crippen molar-refractivity contribution in [2.45, 2.75) is 46.5 Å². The van der Waals surface area contributed by atoms with Crippen LogP contribution in [0.25, 0.3) is 0 Å². The van der Waals surface area contributed by atoms with Gasteiger partial charge in [0.2, 0.25) is 0 Å². The fourth-order valence-corrected chi connectivity index (χ4v) is 2.30. The molecule has 5 heteroatoms. The topological polar surface area (TPSA) is 69.6 Å². The van der Waals surface area contributed by atoms with Crippen molar-refractivity contribution in [2.75, 3.05) is 19.6 Å². The highest BCUT2D eigenvalue weighted by Crippen LogP contribution is 2.20. The monoisotopic (exact) mass is 298 g/mol. The maximum atomic E-state index is 12.0. The lowest BCUT2D eigenvalue weighted by molar-refractivity contribution is -0.137. The first-order valence-electron chi connectivity index (χ1n) is 7.77. The fraction of sp³-hybridized carbons (Fsp3) is 0.750. The van der Waals surface area contributed by atoms with E-state index in [-0.39, 0.29) is 12.5 Å². The number of hydrogen-bond donors (Lipinski definition) is 2. The average Bonchev–Trinajstić information content (AvgIpc) is 2.41. The van der Waals surface area contributed by atoms with E-state index in [2.05, 4.69) is 25.7 Å². The van der Waals surface area contributed by atoms with Gasteiger partial charge in [-0.1, -0.05) is 26.8 Å². The molecule has 0 heterocycles. The van der Waals surface area contributed by atoms with Crippen molar-refractivity contribution in [3.63, 3.8) is 0 Å². The van der Waals surface area contributed by atoms with Crippen molar-refractivity contribution in [1.82, 2.24) is 10.2 Å². The number of hydrogen-bond acceptors (Lipinski definition) is 2. The number of carboxylic acids is 1. The van der Waals surface area contributed by atoms with Gasteiger partial charge in [0.25, 0.3) is 0 Å². The molecular weight excluding hydrogens is 268 g/mol. The second kappa shape index (κ2) is 11.2. The SMILES string of the molecule is C=CCN(CCC)C(=O)NCCC(CCC(=O)O)C(C)C. The number of carbonyl (C=O) groups is 2. The highest BCUT2D eigenvalue weighted by atomic mass is 16.4. The van der Waals surface area contributed by atoms with E-state index in [9.17, 15) is 9.59 Å². The standard InChI is InChI=1S/C16H30N2O3/c1-5-11-18(12-6-2)16(21)17-10-9-14(13(3)4)7-8-15(19)20/h5,13-14H,1,6-12H2,2-4H3,(H,17,21)(H,19,20). The molecule has 0 fully saturated rings. The summed E-state index contributed by atoms with van der Waals surface area (Å²) in [6, 6.07) is -0.0718. The Hall–Kier alpha value is -1.52. The number of urea groups is 1. The summed E-state index contributed by atoms with van der Waals surface area (Å²) in [5, 5.41) is 11.7. The number of rotatable bonds is 11. The zero-order valence-corrected chi connectivity index (χ0v) is 13.6. The number of carbonyl (C=O) groups excluding carboxylic acids is 1. The zero-order valence-electron chi connectivity index (χ0n) is 13.6. The first-order valence-corrected chi connectivity index (χ1v) is 7.77. The molecule has 0 aliphatic heterocycles. The minimum Gasteiger partial charge on any atom is -0.481 e. The lowest BCUT2D eigenvalue weighted by Crippen LogP contribution is -2.41. The number of amides is 2. The van der Waals surface area contributed by atoms with Crippen LogP contribution < -0.4 is 5.32 Å². The summed E-state index contributed by atoms with van der Waals surface area (Å²) in [4.78, 5) is 24.4. The molecular formula is C16H30N2O3. The molecule has 0 radical (unpaired) electrons. The van der Waals surface area contributed by atoms with Gasteiger partial charge < -0.3 is 15.3 Å². The van der Waals surface area contributed by atoms with Gasteiger partial charge >= 0.3 is 12.0 Å². The largest absolute Gasteiger partial charge is 0.481 e. The van der Waals surface area contributed by atoms with Gasteiger partial charge in [0.05, 0.1) is 0 Å². The maximum absolute atomic E-state index is 12.0. The van der Waals surface area contributed by atoms with Crippen molar-refractivity contribution < 1.29 is 14.7 Å². The molecule has 0 aliphatic rings. The first-order chi connectivity index (χ1) is 9.92. The number of carboxylic acid groups (broad SMARTS) is 1. The zero-order chi connectivity index (χ0) is 16.3. The molecule has 0 aromatic heterocycles. The molecule has 122 valence electrons. The van der Waals surface area contributed by atoms with Crippen LogP contribution in [0.2, 0.25) is 0 Å². The summed E-state index contributed by atoms with van der Waals surface area (Å²) in [6.45, 7) is 11.7. The Morgan fingerprint density at radius 1 is 1.33 bits per heavy atom. The predicted molar refractivity (Wildman–Crippen MR) is 85.3 cm³/mol. The Balaban J connectivity index is 4.19. The van der Waals surface area contributed by atoms with Crippen LogP contribution in [-0.2, 0) is 4.79 Å². The van der Waals surface area contributed by atoms with Crippen LogP contribution in [0.1, 0.15) is 46.5 Å². The van der Waals surface area contributed by atoms with Crippen LogP contribution in [0.3, 0.4) is 0 Å². The average molecular weight is 298 g/mol. The Morgan fingerprint density at radius 3 is 2.48 bits per heavy atom. The lowest BCUT2D eigenvalue weighted by atomic mass is 9.88. The summed E-state index contributed by atoms with van der Waals surface area (Å²) in [5.41, 5.74) is 0. The van der Waals surface area contributed by atoms with Crippen molar-refractivity contribution in [1.29, 1.82) is 0 Å². The van der Waals surface area contributed by atoms with Gasteiger partial charge in [-0.2, -0.15) is 0 Å². The fourth-order valence-electron chi connectivity index (χ4n) is 2.30. The van der Waals surface area contributed by atoms with Gasteiger partial charge in [0.15, 0.2) is 0 Å². The normalized spacial score (nSPS) is 12.0. The highest BCUT2D eigenvalue weighted by Gasteiger charge is 2.16. The summed E-state index contributed by atoms with van der Waals surface area (Å²) in [6.07, 6.45) is 4.29. The predicted octanol–water partition coefficient (Wildman–Crippen LogP) is 3.12. The molecule has 5 nitrogen and oxygen atoms in total. The summed E-state index contributed by atoms with van der Waals surface area (Å²) >= 11 is 0. The highest BCUT2D eigenvalue weighted by molar-refractivity contribution is 5.74. The van der Waals surface area contributed by atoms with Crippen molar-refractivity contribution in [3.8, 4) is 0 Å². The van der Waals surface area contributed by atoms with E-state index in [1.807, 2.05) is 6.92 Å². The summed E-state index contributed by atoms with van der Waals surface area (Å²) in [7, 11) is 0. The van der Waals surface area contributed by atoms with Gasteiger partial charge in [-0.05, 0) is 31.1 Å². The molecule has 0 spiro atoms. The molecule has 2 amide bonds. The van der Waals surface area contributed by atoms with E-state index >= 15 is 0 Å². The summed E-state index contributed by atoms with van der Waals surface area (Å²) < 4.78 is 0. The molecule has 0 saturated heterocycles. The van der Waals surface area contributed by atoms with Gasteiger partial charge in [-0.3, -0.25) is 4.79 Å². The van der Waals surface area contributed by atoms with E-state index in [1.54, 1.807) is 11.0 Å². The number of nitrogens with one attached hydrogen (secondary N) is 1. The maximum Gasteiger partial charge on any atom is 0.317 e. The van der Waals surface area contributed by atoms with Gasteiger partial charge in [0, 0.05) is 26.1 Å². The van der Waals surface area contributed by atoms with E-state index in [0.717, 1.165) is 12.8 Å². The number of aliphatic carboxylic acids is 1. The third kappa shape index (κ3) is 9.10. The third-order valence-corrected chi connectivity index (χ3v) is 3.59. The van der Waals surface area contributed by atoms with Crippen LogP contribution in [0.5, 0.6) is 0 Å². The molecule has 0 rings (SSSR count). The van der Waals surface area contributed by atoms with Gasteiger partial charge in [-0.15, -0.1) is 6.58 Å². The van der Waals surface area contributed by atoms with E-state index in [1.165, 1.54) is 0 Å². The second-order valence-electron chi connectivity index (χ2n) is 5.69. The minimum absolute atomic E-state index is 0.0718. The Labute approximate surface area is 128 Å². The van der Waals surface area contributed by atoms with Crippen LogP contribution in [0, 0.1) is 11.8 Å². The number of nitrogens with zero attached hydrogens (tertiary/aromatic N) is 1. The molecule has 2 N–H and O–H groups in total. The Kier molecular flexibility index (Phi) is 10.4. The Bertz CT molecular complexity index is 329. The molecule has 1 unspecified atom stereocenters. The van der Waals surface area contributed by atoms with Crippen LogP contribution in [-0.4, -0.2) is 41.6 Å². The van der Waals surface area contributed by atoms with Crippen molar-refractivity contribution in [2.24, 2.45) is 11.8 Å². The molecule has 0 aromatic rings. The van der Waals surface area contributed by atoms with Gasteiger partial charge in [-0.25, -0.2) is 4.79 Å². The van der Waals surface area contributed by atoms with E-state index in [0.29, 0.717) is 37.9 Å². The molecule has 21 heavy (non-hydrogen) atoms. The Morgan fingerprint density at radius 2 is 2.00 bits per heavy atom. The smallest absolute Gasteiger partial charge is 0.317 e. The second-order valence-corrected chi connectivity index (χ2v) is 5.69. The molecule has 0 aliphatic carbocycles. The molecule has 1 atom stereocenters. The van der Waals surface area contributed by atoms with Crippen LogP contribution >= 0.6 is 0 Å². The van der Waals surface area contributed by atoms with Crippen LogP contribution in [0.4, 0.5) is 4.79 Å².